The number of nitrogens with two attached hydrogens (primary N) is 1. The fourth-order valence-electron chi connectivity index (χ4n) is 0.632. The van der Waals surface area contributed by atoms with E-state index in [4.69, 9.17) is 15.9 Å². The number of carboxylic acid groups (broad SMARTS) is 2. The van der Waals surface area contributed by atoms with Crippen LogP contribution in [0.15, 0.2) is 0 Å². The molecule has 0 amide bonds. The van der Waals surface area contributed by atoms with Crippen molar-refractivity contribution in [2.75, 3.05) is 0 Å². The van der Waals surface area contributed by atoms with Gasteiger partial charge in [-0.1, -0.05) is 6.92 Å². The predicted octanol–water partition coefficient (Wildman–Crippen LogP) is -1.20. The number of carbonyl (C=O) groups excluding carboxylic acids is 1. The lowest BCUT2D eigenvalue weighted by Gasteiger charge is -2.16. The molecule has 7 heteroatoms. The van der Waals surface area contributed by atoms with Gasteiger partial charge in [0.05, 0.1) is 0 Å². The first-order chi connectivity index (χ1) is 6.40. The van der Waals surface area contributed by atoms with Crippen molar-refractivity contribution >= 4 is 17.9 Å². The molecule has 0 aliphatic carbocycles. The quantitative estimate of drug-likeness (QED) is 0.481. The van der Waals surface area contributed by atoms with Crippen molar-refractivity contribution in [3.8, 4) is 0 Å². The summed E-state index contributed by atoms with van der Waals surface area (Å²) in [6, 6.07) is -1.76. The lowest BCUT2D eigenvalue weighted by Crippen LogP contribution is -2.48. The molecular weight excluding hydrogens is 194 g/mol. The lowest BCUT2D eigenvalue weighted by atomic mass is 10.2. The molecule has 7 nitrogen and oxygen atoms in total. The van der Waals surface area contributed by atoms with E-state index in [0.29, 0.717) is 0 Å². The zero-order valence-electron chi connectivity index (χ0n) is 7.47. The molecule has 0 saturated carbocycles. The molecule has 2 unspecified atom stereocenters. The van der Waals surface area contributed by atoms with Gasteiger partial charge in [0.2, 0.25) is 6.10 Å². The van der Waals surface area contributed by atoms with Gasteiger partial charge in [-0.3, -0.25) is 9.59 Å². The Balaban J connectivity index is 4.52. The molecule has 80 valence electrons. The van der Waals surface area contributed by atoms with Crippen molar-refractivity contribution in [1.29, 1.82) is 0 Å². The molecule has 0 saturated heterocycles. The minimum absolute atomic E-state index is 0.0455. The average Bonchev–Trinajstić information content (AvgIpc) is 2.11. The maximum atomic E-state index is 10.7. The van der Waals surface area contributed by atoms with Crippen molar-refractivity contribution in [3.63, 3.8) is 0 Å². The first kappa shape index (κ1) is 12.4. The lowest BCUT2D eigenvalue weighted by molar-refractivity contribution is -0.168. The van der Waals surface area contributed by atoms with E-state index in [1.807, 2.05) is 0 Å². The van der Waals surface area contributed by atoms with Crippen LogP contribution in [0.5, 0.6) is 0 Å². The monoisotopic (exact) mass is 205 g/mol. The number of carboxylic acids is 2. The van der Waals surface area contributed by atoms with Crippen molar-refractivity contribution in [1.82, 2.24) is 0 Å². The first-order valence-corrected chi connectivity index (χ1v) is 3.80. The number of carbonyl (C=O) groups is 3. The Labute approximate surface area is 79.5 Å². The fourth-order valence-corrected chi connectivity index (χ4v) is 0.632. The maximum absolute atomic E-state index is 10.7. The van der Waals surface area contributed by atoms with Gasteiger partial charge >= 0.3 is 17.9 Å². The highest BCUT2D eigenvalue weighted by Crippen LogP contribution is 2.00. The van der Waals surface area contributed by atoms with Crippen molar-refractivity contribution in [2.45, 2.75) is 25.5 Å². The van der Waals surface area contributed by atoms with Gasteiger partial charge in [-0.2, -0.15) is 0 Å². The Morgan fingerprint density at radius 2 is 1.79 bits per heavy atom. The third kappa shape index (κ3) is 3.40. The zero-order chi connectivity index (χ0) is 11.3. The topological polar surface area (TPSA) is 127 Å². The number of aliphatic carboxylic acids is 2. The third-order valence-electron chi connectivity index (χ3n) is 1.40. The van der Waals surface area contributed by atoms with Gasteiger partial charge in [0.15, 0.2) is 6.04 Å². The summed E-state index contributed by atoms with van der Waals surface area (Å²) in [5, 5.41) is 16.9. The van der Waals surface area contributed by atoms with Gasteiger partial charge in [-0.25, -0.2) is 4.79 Å². The summed E-state index contributed by atoms with van der Waals surface area (Å²) in [4.78, 5) is 31.5. The Bertz CT molecular complexity index is 251. The summed E-state index contributed by atoms with van der Waals surface area (Å²) in [6.45, 7) is 1.45. The molecule has 0 fully saturated rings. The summed E-state index contributed by atoms with van der Waals surface area (Å²) in [6.07, 6.45) is -1.89. The highest BCUT2D eigenvalue weighted by atomic mass is 16.6. The van der Waals surface area contributed by atoms with E-state index in [0.717, 1.165) is 0 Å². The number of hydrogen-bond acceptors (Lipinski definition) is 5. The molecule has 0 radical (unpaired) electrons. The van der Waals surface area contributed by atoms with Crippen LogP contribution in [0.4, 0.5) is 0 Å². The van der Waals surface area contributed by atoms with Crippen LogP contribution in [0.3, 0.4) is 0 Å². The van der Waals surface area contributed by atoms with Crippen LogP contribution in [-0.4, -0.2) is 40.3 Å². The first-order valence-electron chi connectivity index (χ1n) is 3.80. The molecule has 0 aromatic heterocycles. The van der Waals surface area contributed by atoms with Gasteiger partial charge in [-0.05, 0) is 0 Å². The predicted molar refractivity (Wildman–Crippen MR) is 43.4 cm³/mol. The Morgan fingerprint density at radius 1 is 1.29 bits per heavy atom. The third-order valence-corrected chi connectivity index (χ3v) is 1.40. The van der Waals surface area contributed by atoms with Gasteiger partial charge in [0.25, 0.3) is 0 Å². The molecule has 0 aliphatic heterocycles. The number of esters is 1. The molecule has 0 spiro atoms. The van der Waals surface area contributed by atoms with Gasteiger partial charge in [0, 0.05) is 6.42 Å². The second-order valence-electron chi connectivity index (χ2n) is 2.47. The second-order valence-corrected chi connectivity index (χ2v) is 2.47. The van der Waals surface area contributed by atoms with E-state index in [1.165, 1.54) is 6.92 Å². The van der Waals surface area contributed by atoms with Gasteiger partial charge in [0.1, 0.15) is 0 Å². The van der Waals surface area contributed by atoms with Crippen LogP contribution >= 0.6 is 0 Å². The van der Waals surface area contributed by atoms with E-state index in [1.54, 1.807) is 0 Å². The molecule has 2 atom stereocenters. The molecule has 0 rings (SSSR count). The second kappa shape index (κ2) is 5.18. The van der Waals surface area contributed by atoms with E-state index in [9.17, 15) is 14.4 Å². The van der Waals surface area contributed by atoms with Crippen LogP contribution in [0.2, 0.25) is 0 Å². The Morgan fingerprint density at radius 3 is 2.07 bits per heavy atom. The maximum Gasteiger partial charge on any atom is 0.347 e. The fraction of sp³-hybridized carbons (Fsp3) is 0.571. The van der Waals surface area contributed by atoms with E-state index >= 15 is 0 Å². The minimum atomic E-state index is -1.85. The molecule has 0 aliphatic rings. The normalized spacial score (nSPS) is 14.1. The minimum Gasteiger partial charge on any atom is -0.480 e. The van der Waals surface area contributed by atoms with Crippen LogP contribution in [0.25, 0.3) is 0 Å². The Hall–Kier alpha value is -1.63. The van der Waals surface area contributed by atoms with Gasteiger partial charge in [-0.15, -0.1) is 0 Å². The highest BCUT2D eigenvalue weighted by molar-refractivity contribution is 5.86. The van der Waals surface area contributed by atoms with Crippen molar-refractivity contribution in [3.05, 3.63) is 0 Å². The Kier molecular flexibility index (Phi) is 4.57. The number of rotatable bonds is 5. The van der Waals surface area contributed by atoms with Crippen LogP contribution in [-0.2, 0) is 19.1 Å². The summed E-state index contributed by atoms with van der Waals surface area (Å²) < 4.78 is 4.34. The highest BCUT2D eigenvalue weighted by Gasteiger charge is 2.33. The van der Waals surface area contributed by atoms with Crippen LogP contribution in [0.1, 0.15) is 13.3 Å². The molecule has 0 aromatic carbocycles. The molecular formula is C7H11NO6. The van der Waals surface area contributed by atoms with Crippen LogP contribution in [0, 0.1) is 0 Å². The largest absolute Gasteiger partial charge is 0.480 e. The van der Waals surface area contributed by atoms with E-state index in [2.05, 4.69) is 4.74 Å². The molecule has 14 heavy (non-hydrogen) atoms. The summed E-state index contributed by atoms with van der Waals surface area (Å²) >= 11 is 0. The van der Waals surface area contributed by atoms with Gasteiger partial charge < -0.3 is 20.7 Å². The number of ether oxygens (including phenoxy) is 1. The molecule has 0 bridgehead atoms. The molecule has 0 heterocycles. The van der Waals surface area contributed by atoms with E-state index < -0.39 is 30.1 Å². The summed E-state index contributed by atoms with van der Waals surface area (Å²) in [7, 11) is 0. The van der Waals surface area contributed by atoms with E-state index in [-0.39, 0.29) is 6.42 Å². The smallest absolute Gasteiger partial charge is 0.347 e. The van der Waals surface area contributed by atoms with Crippen LogP contribution < -0.4 is 5.73 Å². The van der Waals surface area contributed by atoms with Crippen molar-refractivity contribution < 1.29 is 29.3 Å². The SMILES string of the molecule is CCC(=O)OC(C(=O)O)C(N)C(=O)O. The molecule has 4 N–H and O–H groups in total. The summed E-state index contributed by atoms with van der Waals surface area (Å²) in [5.74, 6) is -3.93. The standard InChI is InChI=1S/C7H11NO6/c1-2-3(9)14-5(7(12)13)4(8)6(10)11/h4-5H,2,8H2,1H3,(H,10,11)(H,12,13). The average molecular weight is 205 g/mol. The summed E-state index contributed by atoms with van der Waals surface area (Å²) in [5.41, 5.74) is 5.01. The zero-order valence-corrected chi connectivity index (χ0v) is 7.47. The molecule has 0 aromatic rings. The number of hydrogen-bond donors (Lipinski definition) is 3. The van der Waals surface area contributed by atoms with Crippen molar-refractivity contribution in [2.24, 2.45) is 5.73 Å².